The lowest BCUT2D eigenvalue weighted by atomic mass is 9.77. The molecule has 6 heteroatoms. The summed E-state index contributed by atoms with van der Waals surface area (Å²) in [4.78, 5) is 14.8. The molecule has 1 fully saturated rings. The minimum Gasteiger partial charge on any atom is -0.504 e. The van der Waals surface area contributed by atoms with E-state index in [0.717, 1.165) is 12.0 Å². The second kappa shape index (κ2) is 7.88. The molecule has 6 nitrogen and oxygen atoms in total. The van der Waals surface area contributed by atoms with Crippen LogP contribution in [0.3, 0.4) is 0 Å². The van der Waals surface area contributed by atoms with E-state index >= 15 is 0 Å². The maximum atomic E-state index is 13.0. The standard InChI is InChI=1S/C21H25NO5/c1-26-18-13-15(12-17(24)19(18)27-2)20(25)22-10-8-21(14-22,9-11-23)16-6-4-3-5-7-16/h3-7,12-13,23-24H,8-11,14H2,1-2H3. The van der Waals surface area contributed by atoms with Gasteiger partial charge in [-0.2, -0.15) is 0 Å². The number of hydrogen-bond donors (Lipinski definition) is 2. The highest BCUT2D eigenvalue weighted by Crippen LogP contribution is 2.40. The molecule has 2 aromatic carbocycles. The molecular formula is C21H25NO5. The number of ether oxygens (including phenoxy) is 2. The van der Waals surface area contributed by atoms with Gasteiger partial charge >= 0.3 is 0 Å². The zero-order valence-electron chi connectivity index (χ0n) is 15.6. The van der Waals surface area contributed by atoms with Gasteiger partial charge in [-0.3, -0.25) is 4.79 Å². The summed E-state index contributed by atoms with van der Waals surface area (Å²) in [6.45, 7) is 1.17. The van der Waals surface area contributed by atoms with Gasteiger partial charge < -0.3 is 24.6 Å². The summed E-state index contributed by atoms with van der Waals surface area (Å²) in [5.74, 6) is 0.199. The third-order valence-corrected chi connectivity index (χ3v) is 5.32. The number of likely N-dealkylation sites (tertiary alicyclic amines) is 1. The van der Waals surface area contributed by atoms with Crippen LogP contribution in [0.1, 0.15) is 28.8 Å². The second-order valence-corrected chi connectivity index (χ2v) is 6.83. The van der Waals surface area contributed by atoms with Crippen molar-refractivity contribution in [1.29, 1.82) is 0 Å². The zero-order valence-corrected chi connectivity index (χ0v) is 15.6. The van der Waals surface area contributed by atoms with E-state index in [1.54, 1.807) is 11.0 Å². The minimum atomic E-state index is -0.260. The van der Waals surface area contributed by atoms with Gasteiger partial charge in [0.05, 0.1) is 14.2 Å². The molecule has 0 spiro atoms. The molecule has 0 aromatic heterocycles. The van der Waals surface area contributed by atoms with Crippen LogP contribution < -0.4 is 9.47 Å². The molecule has 2 aromatic rings. The molecule has 27 heavy (non-hydrogen) atoms. The first-order valence-corrected chi connectivity index (χ1v) is 8.95. The lowest BCUT2D eigenvalue weighted by Crippen LogP contribution is -2.35. The van der Waals surface area contributed by atoms with E-state index in [-0.39, 0.29) is 29.4 Å². The summed E-state index contributed by atoms with van der Waals surface area (Å²) in [5, 5.41) is 19.7. The van der Waals surface area contributed by atoms with E-state index in [1.165, 1.54) is 20.3 Å². The van der Waals surface area contributed by atoms with Crippen molar-refractivity contribution in [3.05, 3.63) is 53.6 Å². The molecule has 0 bridgehead atoms. The van der Waals surface area contributed by atoms with Crippen LogP contribution in [-0.4, -0.2) is 54.9 Å². The number of carbonyl (C=O) groups excluding carboxylic acids is 1. The normalized spacial score (nSPS) is 19.1. The van der Waals surface area contributed by atoms with Crippen LogP contribution in [0, 0.1) is 0 Å². The van der Waals surface area contributed by atoms with E-state index in [2.05, 4.69) is 0 Å². The summed E-state index contributed by atoms with van der Waals surface area (Å²) in [6.07, 6.45) is 1.38. The Bertz CT molecular complexity index is 808. The van der Waals surface area contributed by atoms with E-state index in [4.69, 9.17) is 9.47 Å². The third-order valence-electron chi connectivity index (χ3n) is 5.32. The number of amides is 1. The highest BCUT2D eigenvalue weighted by atomic mass is 16.5. The number of aliphatic hydroxyl groups excluding tert-OH is 1. The molecular weight excluding hydrogens is 346 g/mol. The first-order valence-electron chi connectivity index (χ1n) is 8.95. The van der Waals surface area contributed by atoms with E-state index in [0.29, 0.717) is 30.8 Å². The van der Waals surface area contributed by atoms with Gasteiger partial charge in [0.2, 0.25) is 5.75 Å². The molecule has 0 saturated carbocycles. The molecule has 1 unspecified atom stereocenters. The van der Waals surface area contributed by atoms with Gasteiger partial charge in [-0.1, -0.05) is 30.3 Å². The molecule has 1 aliphatic rings. The summed E-state index contributed by atoms with van der Waals surface area (Å²) in [6, 6.07) is 13.0. The van der Waals surface area contributed by atoms with Crippen molar-refractivity contribution in [3.63, 3.8) is 0 Å². The molecule has 1 saturated heterocycles. The van der Waals surface area contributed by atoms with Crippen molar-refractivity contribution in [2.75, 3.05) is 33.9 Å². The van der Waals surface area contributed by atoms with Crippen molar-refractivity contribution >= 4 is 5.91 Å². The lowest BCUT2D eigenvalue weighted by Gasteiger charge is -2.29. The average molecular weight is 371 g/mol. The second-order valence-electron chi connectivity index (χ2n) is 6.83. The number of phenols is 1. The van der Waals surface area contributed by atoms with Crippen molar-refractivity contribution in [3.8, 4) is 17.2 Å². The van der Waals surface area contributed by atoms with E-state index in [9.17, 15) is 15.0 Å². The number of phenolic OH excluding ortho intramolecular Hbond substituents is 1. The number of rotatable bonds is 6. The first-order chi connectivity index (χ1) is 13.0. The maximum absolute atomic E-state index is 13.0. The summed E-state index contributed by atoms with van der Waals surface area (Å²) < 4.78 is 10.4. The van der Waals surface area contributed by atoms with Crippen LogP contribution in [0.2, 0.25) is 0 Å². The molecule has 1 aliphatic heterocycles. The predicted octanol–water partition coefficient (Wildman–Crippen LogP) is 2.58. The van der Waals surface area contributed by atoms with Crippen LogP contribution >= 0.6 is 0 Å². The van der Waals surface area contributed by atoms with Crippen LogP contribution in [-0.2, 0) is 5.41 Å². The van der Waals surface area contributed by atoms with Gasteiger partial charge in [0.15, 0.2) is 11.5 Å². The number of carbonyl (C=O) groups is 1. The maximum Gasteiger partial charge on any atom is 0.254 e. The van der Waals surface area contributed by atoms with Crippen molar-refractivity contribution in [2.24, 2.45) is 0 Å². The molecule has 144 valence electrons. The zero-order chi connectivity index (χ0) is 19.4. The molecule has 0 radical (unpaired) electrons. The summed E-state index contributed by atoms with van der Waals surface area (Å²) in [7, 11) is 2.89. The Labute approximate surface area is 159 Å². The molecule has 2 N–H and O–H groups in total. The number of hydrogen-bond acceptors (Lipinski definition) is 5. The number of aromatic hydroxyl groups is 1. The average Bonchev–Trinajstić information content (AvgIpc) is 3.13. The number of methoxy groups -OCH3 is 2. The van der Waals surface area contributed by atoms with Gasteiger partial charge in [0.25, 0.3) is 5.91 Å². The van der Waals surface area contributed by atoms with Crippen molar-refractivity contribution in [2.45, 2.75) is 18.3 Å². The van der Waals surface area contributed by atoms with E-state index < -0.39 is 0 Å². The third kappa shape index (κ3) is 3.57. The smallest absolute Gasteiger partial charge is 0.254 e. The number of benzene rings is 2. The Balaban J connectivity index is 1.88. The highest BCUT2D eigenvalue weighted by Gasteiger charge is 2.41. The molecule has 0 aliphatic carbocycles. The largest absolute Gasteiger partial charge is 0.504 e. The van der Waals surface area contributed by atoms with Gasteiger partial charge in [-0.15, -0.1) is 0 Å². The molecule has 1 atom stereocenters. The molecule has 1 heterocycles. The predicted molar refractivity (Wildman–Crippen MR) is 102 cm³/mol. The van der Waals surface area contributed by atoms with Crippen molar-refractivity contribution < 1.29 is 24.5 Å². The highest BCUT2D eigenvalue weighted by molar-refractivity contribution is 5.96. The van der Waals surface area contributed by atoms with Crippen LogP contribution in [0.15, 0.2) is 42.5 Å². The van der Waals surface area contributed by atoms with Crippen molar-refractivity contribution in [1.82, 2.24) is 4.90 Å². The molecule has 3 rings (SSSR count). The van der Waals surface area contributed by atoms with E-state index in [1.807, 2.05) is 30.3 Å². The van der Waals surface area contributed by atoms with Crippen LogP contribution in [0.25, 0.3) is 0 Å². The Morgan fingerprint density at radius 3 is 2.56 bits per heavy atom. The lowest BCUT2D eigenvalue weighted by molar-refractivity contribution is 0.0778. The Morgan fingerprint density at radius 1 is 1.19 bits per heavy atom. The van der Waals surface area contributed by atoms with Gasteiger partial charge in [0.1, 0.15) is 0 Å². The Kier molecular flexibility index (Phi) is 5.56. The molecule has 1 amide bonds. The topological polar surface area (TPSA) is 79.2 Å². The first kappa shape index (κ1) is 19.0. The monoisotopic (exact) mass is 371 g/mol. The number of nitrogens with zero attached hydrogens (tertiary/aromatic N) is 1. The van der Waals surface area contributed by atoms with Crippen LogP contribution in [0.4, 0.5) is 0 Å². The Hall–Kier alpha value is -2.73. The number of aliphatic hydroxyl groups is 1. The fourth-order valence-electron chi connectivity index (χ4n) is 3.89. The fraction of sp³-hybridized carbons (Fsp3) is 0.381. The van der Waals surface area contributed by atoms with Gasteiger partial charge in [-0.05, 0) is 30.5 Å². The fourth-order valence-corrected chi connectivity index (χ4v) is 3.89. The van der Waals surface area contributed by atoms with Gasteiger partial charge in [0, 0.05) is 30.7 Å². The summed E-state index contributed by atoms with van der Waals surface area (Å²) in [5.41, 5.74) is 1.21. The SMILES string of the molecule is COc1cc(C(=O)N2CCC(CCO)(c3ccccc3)C2)cc(O)c1OC. The minimum absolute atomic E-state index is 0.0636. The summed E-state index contributed by atoms with van der Waals surface area (Å²) >= 11 is 0. The van der Waals surface area contributed by atoms with Gasteiger partial charge in [-0.25, -0.2) is 0 Å². The quantitative estimate of drug-likeness (QED) is 0.816. The Morgan fingerprint density at radius 2 is 1.93 bits per heavy atom. The van der Waals surface area contributed by atoms with Crippen LogP contribution in [0.5, 0.6) is 17.2 Å².